The minimum atomic E-state index is -0.289. The Bertz CT molecular complexity index is 337. The summed E-state index contributed by atoms with van der Waals surface area (Å²) < 4.78 is 0. The van der Waals surface area contributed by atoms with Crippen LogP contribution < -0.4 is 0 Å². The Morgan fingerprint density at radius 1 is 1.47 bits per heavy atom. The van der Waals surface area contributed by atoms with Crippen LogP contribution in [0.5, 0.6) is 0 Å². The third-order valence-electron chi connectivity index (χ3n) is 4.26. The van der Waals surface area contributed by atoms with Gasteiger partial charge in [-0.25, -0.2) is 0 Å². The van der Waals surface area contributed by atoms with Crippen LogP contribution in [-0.2, 0) is 0 Å². The molecule has 1 aromatic heterocycles. The number of aromatic nitrogens is 1. The molecule has 1 unspecified atom stereocenters. The van der Waals surface area contributed by atoms with Gasteiger partial charge < -0.3 is 5.11 Å². The number of hydrogen-bond acceptors (Lipinski definition) is 2. The summed E-state index contributed by atoms with van der Waals surface area (Å²) in [5.41, 5.74) is 1.20. The molecule has 0 radical (unpaired) electrons. The largest absolute Gasteiger partial charge is 0.388 e. The lowest BCUT2D eigenvalue weighted by molar-refractivity contribution is -0.106. The van der Waals surface area contributed by atoms with Gasteiger partial charge in [0.25, 0.3) is 0 Å². The molecule has 15 heavy (non-hydrogen) atoms. The highest BCUT2D eigenvalue weighted by molar-refractivity contribution is 5.18. The van der Waals surface area contributed by atoms with Crippen LogP contribution in [0, 0.1) is 11.3 Å². The number of rotatable bonds is 2. The monoisotopic (exact) mass is 203 g/mol. The minimum Gasteiger partial charge on any atom is -0.388 e. The Kier molecular flexibility index (Phi) is 2.06. The van der Waals surface area contributed by atoms with E-state index < -0.39 is 0 Å². The van der Waals surface area contributed by atoms with Crippen molar-refractivity contribution in [2.75, 3.05) is 0 Å². The van der Waals surface area contributed by atoms with Gasteiger partial charge in [0.2, 0.25) is 0 Å². The molecule has 0 saturated heterocycles. The molecule has 0 aromatic carbocycles. The number of aliphatic hydroxyl groups excluding tert-OH is 1. The van der Waals surface area contributed by atoms with E-state index in [2.05, 4.69) is 4.98 Å². The maximum Gasteiger partial charge on any atom is 0.0861 e. The summed E-state index contributed by atoms with van der Waals surface area (Å²) in [6.45, 7) is 0. The lowest BCUT2D eigenvalue weighted by Gasteiger charge is -2.55. The molecule has 1 heterocycles. The maximum atomic E-state index is 10.4. The first-order chi connectivity index (χ1) is 7.30. The van der Waals surface area contributed by atoms with Gasteiger partial charge in [-0.1, -0.05) is 18.9 Å². The molecule has 3 saturated carbocycles. The zero-order valence-corrected chi connectivity index (χ0v) is 8.89. The van der Waals surface area contributed by atoms with E-state index in [1.165, 1.54) is 32.1 Å². The van der Waals surface area contributed by atoms with Crippen molar-refractivity contribution in [3.05, 3.63) is 30.1 Å². The second-order valence-electron chi connectivity index (χ2n) is 5.22. The second-order valence-corrected chi connectivity index (χ2v) is 5.22. The average molecular weight is 203 g/mol. The molecule has 1 N–H and O–H groups in total. The highest BCUT2D eigenvalue weighted by Crippen LogP contribution is 2.61. The van der Waals surface area contributed by atoms with E-state index in [1.54, 1.807) is 12.4 Å². The molecule has 3 fully saturated rings. The molecule has 2 nitrogen and oxygen atoms in total. The van der Waals surface area contributed by atoms with Crippen LogP contribution in [0.4, 0.5) is 0 Å². The van der Waals surface area contributed by atoms with Crippen LogP contribution in [0.1, 0.15) is 43.8 Å². The molecule has 0 aliphatic heterocycles. The van der Waals surface area contributed by atoms with Crippen LogP contribution in [0.3, 0.4) is 0 Å². The van der Waals surface area contributed by atoms with Gasteiger partial charge in [-0.3, -0.25) is 4.98 Å². The van der Waals surface area contributed by atoms with Gasteiger partial charge in [-0.2, -0.15) is 0 Å². The lowest BCUT2D eigenvalue weighted by Crippen LogP contribution is -2.45. The van der Waals surface area contributed by atoms with Crippen molar-refractivity contribution in [3.63, 3.8) is 0 Å². The van der Waals surface area contributed by atoms with E-state index in [9.17, 15) is 5.11 Å². The van der Waals surface area contributed by atoms with E-state index in [4.69, 9.17) is 0 Å². The van der Waals surface area contributed by atoms with E-state index in [1.807, 2.05) is 12.1 Å². The summed E-state index contributed by atoms with van der Waals surface area (Å²) in [6.07, 6.45) is 9.59. The van der Waals surface area contributed by atoms with Crippen LogP contribution in [0.15, 0.2) is 24.5 Å². The van der Waals surface area contributed by atoms with Crippen LogP contribution >= 0.6 is 0 Å². The summed E-state index contributed by atoms with van der Waals surface area (Å²) in [6, 6.07) is 3.91. The fourth-order valence-corrected chi connectivity index (χ4v) is 3.49. The Labute approximate surface area is 90.4 Å². The van der Waals surface area contributed by atoms with Gasteiger partial charge in [0.05, 0.1) is 6.10 Å². The smallest absolute Gasteiger partial charge is 0.0861 e. The van der Waals surface area contributed by atoms with Crippen molar-refractivity contribution in [2.45, 2.75) is 38.2 Å². The summed E-state index contributed by atoms with van der Waals surface area (Å²) in [4.78, 5) is 4.09. The van der Waals surface area contributed by atoms with Crippen molar-refractivity contribution in [2.24, 2.45) is 11.3 Å². The molecule has 2 bridgehead atoms. The molecule has 3 aliphatic rings. The Hall–Kier alpha value is -0.890. The topological polar surface area (TPSA) is 33.1 Å². The Morgan fingerprint density at radius 3 is 2.93 bits per heavy atom. The summed E-state index contributed by atoms with van der Waals surface area (Å²) in [5.74, 6) is 0.894. The van der Waals surface area contributed by atoms with Crippen molar-refractivity contribution in [1.29, 1.82) is 0 Å². The quantitative estimate of drug-likeness (QED) is 0.801. The summed E-state index contributed by atoms with van der Waals surface area (Å²) in [5, 5.41) is 10.4. The number of hydrogen-bond donors (Lipinski definition) is 1. The third-order valence-corrected chi connectivity index (χ3v) is 4.26. The van der Waals surface area contributed by atoms with E-state index in [0.717, 1.165) is 11.5 Å². The number of nitrogens with zero attached hydrogens (tertiary/aromatic N) is 1. The first-order valence-corrected chi connectivity index (χ1v) is 5.88. The van der Waals surface area contributed by atoms with Crippen molar-refractivity contribution >= 4 is 0 Å². The van der Waals surface area contributed by atoms with Crippen molar-refractivity contribution in [3.8, 4) is 0 Å². The fourth-order valence-electron chi connectivity index (χ4n) is 3.49. The second kappa shape index (κ2) is 3.31. The first-order valence-electron chi connectivity index (χ1n) is 5.88. The van der Waals surface area contributed by atoms with Gasteiger partial charge in [0, 0.05) is 17.8 Å². The molecule has 1 atom stereocenters. The van der Waals surface area contributed by atoms with Gasteiger partial charge in [0.15, 0.2) is 0 Å². The minimum absolute atomic E-state index is 0.200. The summed E-state index contributed by atoms with van der Waals surface area (Å²) in [7, 11) is 0. The first kappa shape index (κ1) is 9.34. The van der Waals surface area contributed by atoms with Gasteiger partial charge in [-0.15, -0.1) is 0 Å². The van der Waals surface area contributed by atoms with Gasteiger partial charge in [-0.05, 0) is 36.8 Å². The van der Waals surface area contributed by atoms with Crippen LogP contribution in [0.25, 0.3) is 0 Å². The standard InChI is InChI=1S/C13H17NO/c15-12(11-4-2-6-14-9-11)13-5-1-3-10(7-13)8-13/h2,4,6,9-10,12,15H,1,3,5,7-8H2. The molecule has 1 aromatic rings. The number of aliphatic hydroxyl groups is 1. The Balaban J connectivity index is 1.83. The SMILES string of the molecule is OC(c1cccnc1)C12CCCC(C1)C2. The predicted molar refractivity (Wildman–Crippen MR) is 58.2 cm³/mol. The van der Waals surface area contributed by atoms with E-state index in [0.29, 0.717) is 0 Å². The van der Waals surface area contributed by atoms with E-state index in [-0.39, 0.29) is 11.5 Å². The lowest BCUT2D eigenvalue weighted by atomic mass is 9.51. The van der Waals surface area contributed by atoms with Crippen molar-refractivity contribution < 1.29 is 5.11 Å². The highest BCUT2D eigenvalue weighted by Gasteiger charge is 2.51. The molecule has 2 heteroatoms. The average Bonchev–Trinajstić information content (AvgIpc) is 2.29. The molecule has 80 valence electrons. The molecule has 3 aliphatic carbocycles. The maximum absolute atomic E-state index is 10.4. The van der Waals surface area contributed by atoms with Crippen LogP contribution in [-0.4, -0.2) is 10.1 Å². The van der Waals surface area contributed by atoms with Gasteiger partial charge in [0.1, 0.15) is 0 Å². The van der Waals surface area contributed by atoms with Gasteiger partial charge >= 0.3 is 0 Å². The molecular formula is C13H17NO. The fraction of sp³-hybridized carbons (Fsp3) is 0.615. The zero-order chi connectivity index (χ0) is 10.3. The number of fused-ring (bicyclic) bond motifs is 2. The van der Waals surface area contributed by atoms with E-state index >= 15 is 0 Å². The normalized spacial score (nSPS) is 35.7. The zero-order valence-electron chi connectivity index (χ0n) is 8.89. The molecular weight excluding hydrogens is 186 g/mol. The predicted octanol–water partition coefficient (Wildman–Crippen LogP) is 2.70. The summed E-state index contributed by atoms with van der Waals surface area (Å²) >= 11 is 0. The third kappa shape index (κ3) is 1.39. The molecule has 4 rings (SSSR count). The highest BCUT2D eigenvalue weighted by atomic mass is 16.3. The molecule has 0 spiro atoms. The molecule has 0 amide bonds. The van der Waals surface area contributed by atoms with Crippen molar-refractivity contribution in [1.82, 2.24) is 4.98 Å². The van der Waals surface area contributed by atoms with Crippen LogP contribution in [0.2, 0.25) is 0 Å². The number of pyridine rings is 1. The Morgan fingerprint density at radius 2 is 2.33 bits per heavy atom.